The standard InChI is InChI=1S/C14H16N4O3/c1-9-16-13(18(19)20)14(17(9)2)21-11-7-3-5-10-6-4-8-15-12(10)11/h3,5,7,15H,4,6,8H2,1-2H3. The van der Waals surface area contributed by atoms with E-state index in [1.165, 1.54) is 5.56 Å². The number of fused-ring (bicyclic) bond motifs is 1. The molecular formula is C14H16N4O3. The van der Waals surface area contributed by atoms with Crippen molar-refractivity contribution in [2.75, 3.05) is 11.9 Å². The number of nitrogens with one attached hydrogen (secondary N) is 1. The van der Waals surface area contributed by atoms with Gasteiger partial charge in [0.2, 0.25) is 5.82 Å². The Bertz CT molecular complexity index is 708. The summed E-state index contributed by atoms with van der Waals surface area (Å²) in [6.45, 7) is 2.58. The molecule has 1 aromatic carbocycles. The van der Waals surface area contributed by atoms with Crippen molar-refractivity contribution < 1.29 is 9.66 Å². The lowest BCUT2D eigenvalue weighted by atomic mass is 10.0. The fourth-order valence-corrected chi connectivity index (χ4v) is 2.47. The zero-order valence-corrected chi connectivity index (χ0v) is 11.9. The minimum atomic E-state index is -0.523. The molecule has 0 spiro atoms. The zero-order chi connectivity index (χ0) is 15.0. The summed E-state index contributed by atoms with van der Waals surface area (Å²) in [5, 5.41) is 14.4. The Hall–Kier alpha value is -2.57. The zero-order valence-electron chi connectivity index (χ0n) is 11.9. The third-order valence-corrected chi connectivity index (χ3v) is 3.67. The highest BCUT2D eigenvalue weighted by molar-refractivity contribution is 5.64. The molecule has 21 heavy (non-hydrogen) atoms. The highest BCUT2D eigenvalue weighted by Gasteiger charge is 2.27. The largest absolute Gasteiger partial charge is 0.431 e. The van der Waals surface area contributed by atoms with Crippen LogP contribution in [0.2, 0.25) is 0 Å². The van der Waals surface area contributed by atoms with E-state index in [9.17, 15) is 10.1 Å². The smallest absolute Gasteiger partial charge is 0.427 e. The van der Waals surface area contributed by atoms with Crippen LogP contribution in [0.4, 0.5) is 11.5 Å². The van der Waals surface area contributed by atoms with Gasteiger partial charge < -0.3 is 20.2 Å². The van der Waals surface area contributed by atoms with Crippen LogP contribution in [-0.2, 0) is 13.5 Å². The van der Waals surface area contributed by atoms with Crippen LogP contribution in [0.25, 0.3) is 0 Å². The quantitative estimate of drug-likeness (QED) is 0.693. The van der Waals surface area contributed by atoms with E-state index in [1.807, 2.05) is 18.2 Å². The van der Waals surface area contributed by atoms with Gasteiger partial charge in [-0.25, -0.2) is 0 Å². The summed E-state index contributed by atoms with van der Waals surface area (Å²) in [6.07, 6.45) is 2.05. The van der Waals surface area contributed by atoms with Crippen LogP contribution in [0.15, 0.2) is 18.2 Å². The molecule has 2 heterocycles. The number of hydrogen-bond donors (Lipinski definition) is 1. The van der Waals surface area contributed by atoms with Gasteiger partial charge in [-0.05, 0) is 34.4 Å². The number of hydrogen-bond acceptors (Lipinski definition) is 5. The predicted molar refractivity (Wildman–Crippen MR) is 77.9 cm³/mol. The molecule has 0 bridgehead atoms. The van der Waals surface area contributed by atoms with E-state index < -0.39 is 4.92 Å². The van der Waals surface area contributed by atoms with Crippen LogP contribution in [0.3, 0.4) is 0 Å². The predicted octanol–water partition coefficient (Wildman–Crippen LogP) is 2.79. The molecule has 0 unspecified atom stereocenters. The Labute approximate surface area is 121 Å². The SMILES string of the molecule is Cc1nc([N+](=O)[O-])c(Oc2cccc3c2NCCC3)n1C. The van der Waals surface area contributed by atoms with Crippen LogP contribution in [-0.4, -0.2) is 21.0 Å². The Morgan fingerprint density at radius 1 is 1.48 bits per heavy atom. The van der Waals surface area contributed by atoms with Gasteiger partial charge in [-0.3, -0.25) is 4.57 Å². The van der Waals surface area contributed by atoms with E-state index in [-0.39, 0.29) is 11.7 Å². The first kappa shape index (κ1) is 13.4. The minimum Gasteiger partial charge on any atom is -0.431 e. The number of para-hydroxylation sites is 1. The van der Waals surface area contributed by atoms with E-state index in [0.717, 1.165) is 25.1 Å². The normalized spacial score (nSPS) is 13.4. The summed E-state index contributed by atoms with van der Waals surface area (Å²) in [4.78, 5) is 14.5. The number of nitrogens with zero attached hydrogens (tertiary/aromatic N) is 3. The molecular weight excluding hydrogens is 272 g/mol. The average Bonchev–Trinajstić information content (AvgIpc) is 2.76. The van der Waals surface area contributed by atoms with Crippen LogP contribution < -0.4 is 10.1 Å². The summed E-state index contributed by atoms with van der Waals surface area (Å²) in [6, 6.07) is 5.75. The summed E-state index contributed by atoms with van der Waals surface area (Å²) in [5.74, 6) is 1.02. The number of rotatable bonds is 3. The lowest BCUT2D eigenvalue weighted by molar-refractivity contribution is -0.390. The Morgan fingerprint density at radius 2 is 2.29 bits per heavy atom. The van der Waals surface area contributed by atoms with Crippen molar-refractivity contribution in [3.8, 4) is 11.6 Å². The molecule has 2 aromatic rings. The van der Waals surface area contributed by atoms with E-state index in [0.29, 0.717) is 11.6 Å². The van der Waals surface area contributed by atoms with E-state index in [2.05, 4.69) is 10.3 Å². The highest BCUT2D eigenvalue weighted by atomic mass is 16.6. The molecule has 7 nitrogen and oxygen atoms in total. The molecule has 0 radical (unpaired) electrons. The molecule has 0 saturated carbocycles. The summed E-state index contributed by atoms with van der Waals surface area (Å²) in [5.41, 5.74) is 2.08. The van der Waals surface area contributed by atoms with Gasteiger partial charge >= 0.3 is 11.7 Å². The number of aromatic nitrogens is 2. The third kappa shape index (κ3) is 2.31. The molecule has 0 amide bonds. The highest BCUT2D eigenvalue weighted by Crippen LogP contribution is 2.38. The van der Waals surface area contributed by atoms with Gasteiger partial charge in [-0.1, -0.05) is 12.1 Å². The van der Waals surface area contributed by atoms with E-state index >= 15 is 0 Å². The molecule has 0 fully saturated rings. The lowest BCUT2D eigenvalue weighted by Crippen LogP contribution is -2.12. The average molecular weight is 288 g/mol. The van der Waals surface area contributed by atoms with Gasteiger partial charge in [0.05, 0.1) is 5.69 Å². The van der Waals surface area contributed by atoms with Gasteiger partial charge in [-0.2, -0.15) is 0 Å². The molecule has 1 aromatic heterocycles. The van der Waals surface area contributed by atoms with Gasteiger partial charge in [0.1, 0.15) is 0 Å². The maximum atomic E-state index is 11.1. The minimum absolute atomic E-state index is 0.151. The van der Waals surface area contributed by atoms with E-state index in [1.54, 1.807) is 18.5 Å². The van der Waals surface area contributed by atoms with Crippen molar-refractivity contribution in [3.05, 3.63) is 39.7 Å². The Kier molecular flexibility index (Phi) is 3.25. The second-order valence-corrected chi connectivity index (χ2v) is 5.03. The van der Waals surface area contributed by atoms with Gasteiger partial charge in [-0.15, -0.1) is 0 Å². The maximum absolute atomic E-state index is 11.1. The van der Waals surface area contributed by atoms with Crippen molar-refractivity contribution in [1.29, 1.82) is 0 Å². The van der Waals surface area contributed by atoms with Crippen molar-refractivity contribution in [1.82, 2.24) is 9.55 Å². The summed E-state index contributed by atoms with van der Waals surface area (Å²) >= 11 is 0. The number of nitro groups is 1. The fraction of sp³-hybridized carbons (Fsp3) is 0.357. The van der Waals surface area contributed by atoms with Gasteiger partial charge in [0.25, 0.3) is 0 Å². The lowest BCUT2D eigenvalue weighted by Gasteiger charge is -2.20. The molecule has 0 aliphatic carbocycles. The Balaban J connectivity index is 2.03. The number of benzene rings is 1. The van der Waals surface area contributed by atoms with Crippen molar-refractivity contribution >= 4 is 11.5 Å². The van der Waals surface area contributed by atoms with Crippen LogP contribution in [0.5, 0.6) is 11.6 Å². The number of imidazole rings is 1. The van der Waals surface area contributed by atoms with Gasteiger partial charge in [0, 0.05) is 20.5 Å². The molecule has 3 rings (SSSR count). The second kappa shape index (κ2) is 5.08. The number of ether oxygens (including phenoxy) is 1. The van der Waals surface area contributed by atoms with Crippen molar-refractivity contribution in [3.63, 3.8) is 0 Å². The van der Waals surface area contributed by atoms with Crippen LogP contribution in [0, 0.1) is 17.0 Å². The first-order chi connectivity index (χ1) is 10.1. The second-order valence-electron chi connectivity index (χ2n) is 5.03. The number of anilines is 1. The summed E-state index contributed by atoms with van der Waals surface area (Å²) in [7, 11) is 1.70. The fourth-order valence-electron chi connectivity index (χ4n) is 2.47. The molecule has 1 aliphatic rings. The third-order valence-electron chi connectivity index (χ3n) is 3.67. The van der Waals surface area contributed by atoms with Crippen molar-refractivity contribution in [2.45, 2.75) is 19.8 Å². The monoisotopic (exact) mass is 288 g/mol. The number of aryl methyl sites for hydroxylation is 2. The van der Waals surface area contributed by atoms with Crippen LogP contribution >= 0.6 is 0 Å². The van der Waals surface area contributed by atoms with Crippen molar-refractivity contribution in [2.24, 2.45) is 7.05 Å². The maximum Gasteiger partial charge on any atom is 0.427 e. The van der Waals surface area contributed by atoms with E-state index in [4.69, 9.17) is 4.74 Å². The summed E-state index contributed by atoms with van der Waals surface area (Å²) < 4.78 is 7.40. The molecule has 110 valence electrons. The molecule has 0 saturated heterocycles. The molecule has 1 aliphatic heterocycles. The molecule has 1 N–H and O–H groups in total. The first-order valence-corrected chi connectivity index (χ1v) is 6.79. The topological polar surface area (TPSA) is 82.2 Å². The Morgan fingerprint density at radius 3 is 3.05 bits per heavy atom. The van der Waals surface area contributed by atoms with Crippen LogP contribution in [0.1, 0.15) is 17.8 Å². The molecule has 0 atom stereocenters. The first-order valence-electron chi connectivity index (χ1n) is 6.79. The van der Waals surface area contributed by atoms with Gasteiger partial charge in [0.15, 0.2) is 5.75 Å². The molecule has 7 heteroatoms.